The number of aliphatic carboxylic acids is 1. The second-order valence-electron chi connectivity index (χ2n) is 5.24. The second-order valence-corrected chi connectivity index (χ2v) is 5.24. The topological polar surface area (TPSA) is 50.2 Å². The highest BCUT2D eigenvalue weighted by Gasteiger charge is 2.29. The summed E-state index contributed by atoms with van der Waals surface area (Å²) in [6.45, 7) is 0. The molecular formula is C15H21NO2. The maximum Gasteiger partial charge on any atom is 0.306 e. The number of nitrogens with zero attached hydrogens (tertiary/aromatic N) is 1. The van der Waals surface area contributed by atoms with Crippen molar-refractivity contribution in [1.29, 1.82) is 0 Å². The molecule has 1 fully saturated rings. The largest absolute Gasteiger partial charge is 0.481 e. The Kier molecular flexibility index (Phi) is 4.73. The molecule has 0 spiro atoms. The zero-order chi connectivity index (χ0) is 12.8. The molecule has 1 aliphatic carbocycles. The molecule has 3 heteroatoms. The van der Waals surface area contributed by atoms with Gasteiger partial charge in [0.05, 0.1) is 5.92 Å². The summed E-state index contributed by atoms with van der Waals surface area (Å²) < 4.78 is 0. The van der Waals surface area contributed by atoms with Crippen LogP contribution in [0.3, 0.4) is 0 Å². The third kappa shape index (κ3) is 3.56. The third-order valence-electron chi connectivity index (χ3n) is 3.99. The summed E-state index contributed by atoms with van der Waals surface area (Å²) in [7, 11) is 0. The lowest BCUT2D eigenvalue weighted by Gasteiger charge is -2.18. The van der Waals surface area contributed by atoms with Gasteiger partial charge in [0.1, 0.15) is 0 Å². The smallest absolute Gasteiger partial charge is 0.306 e. The minimum atomic E-state index is -0.604. The quantitative estimate of drug-likeness (QED) is 0.839. The minimum absolute atomic E-state index is 0.135. The zero-order valence-electron chi connectivity index (χ0n) is 10.7. The van der Waals surface area contributed by atoms with Gasteiger partial charge < -0.3 is 5.11 Å². The Bertz CT molecular complexity index is 371. The lowest BCUT2D eigenvalue weighted by Crippen LogP contribution is -2.21. The van der Waals surface area contributed by atoms with Crippen molar-refractivity contribution >= 4 is 5.97 Å². The average molecular weight is 247 g/mol. The normalized spacial score (nSPS) is 17.8. The van der Waals surface area contributed by atoms with E-state index in [2.05, 4.69) is 11.1 Å². The van der Waals surface area contributed by atoms with E-state index in [1.165, 1.54) is 18.4 Å². The fourth-order valence-corrected chi connectivity index (χ4v) is 2.99. The standard InChI is InChI=1S/C15H21NO2/c17-15(18)14(13-7-1-2-8-13)9-3-5-12-6-4-10-16-11-12/h4,6,10-11,13-14H,1-3,5,7-9H2,(H,17,18)/t14-/m1/s1. The van der Waals surface area contributed by atoms with E-state index < -0.39 is 5.97 Å². The lowest BCUT2D eigenvalue weighted by atomic mass is 9.86. The van der Waals surface area contributed by atoms with Gasteiger partial charge in [-0.15, -0.1) is 0 Å². The Balaban J connectivity index is 1.81. The van der Waals surface area contributed by atoms with E-state index in [1.54, 1.807) is 6.20 Å². The number of carbonyl (C=O) groups is 1. The summed E-state index contributed by atoms with van der Waals surface area (Å²) in [6.07, 6.45) is 10.9. The van der Waals surface area contributed by atoms with Crippen LogP contribution in [0.5, 0.6) is 0 Å². The van der Waals surface area contributed by atoms with Crippen LogP contribution in [0.25, 0.3) is 0 Å². The summed E-state index contributed by atoms with van der Waals surface area (Å²) in [6, 6.07) is 3.99. The van der Waals surface area contributed by atoms with Gasteiger partial charge in [0.25, 0.3) is 0 Å². The number of pyridine rings is 1. The van der Waals surface area contributed by atoms with E-state index in [0.717, 1.165) is 32.1 Å². The Hall–Kier alpha value is -1.38. The zero-order valence-corrected chi connectivity index (χ0v) is 10.7. The summed E-state index contributed by atoms with van der Waals surface area (Å²) in [5, 5.41) is 9.32. The lowest BCUT2D eigenvalue weighted by molar-refractivity contribution is -0.144. The summed E-state index contributed by atoms with van der Waals surface area (Å²) in [4.78, 5) is 15.4. The molecule has 0 amide bonds. The van der Waals surface area contributed by atoms with Gasteiger partial charge in [-0.3, -0.25) is 9.78 Å². The third-order valence-corrected chi connectivity index (χ3v) is 3.99. The Morgan fingerprint density at radius 2 is 2.22 bits per heavy atom. The molecule has 1 heterocycles. The number of rotatable bonds is 6. The molecule has 0 aliphatic heterocycles. The van der Waals surface area contributed by atoms with Gasteiger partial charge in [0.15, 0.2) is 0 Å². The van der Waals surface area contributed by atoms with Crippen molar-refractivity contribution < 1.29 is 9.90 Å². The summed E-state index contributed by atoms with van der Waals surface area (Å²) in [5.74, 6) is -0.325. The van der Waals surface area contributed by atoms with Crippen molar-refractivity contribution in [2.45, 2.75) is 44.9 Å². The molecule has 3 nitrogen and oxygen atoms in total. The first-order valence-electron chi connectivity index (χ1n) is 6.89. The first kappa shape index (κ1) is 13.1. The van der Waals surface area contributed by atoms with Gasteiger partial charge in [-0.2, -0.15) is 0 Å². The fraction of sp³-hybridized carbons (Fsp3) is 0.600. The molecular weight excluding hydrogens is 226 g/mol. The van der Waals surface area contributed by atoms with Crippen LogP contribution in [-0.2, 0) is 11.2 Å². The average Bonchev–Trinajstić information content (AvgIpc) is 2.89. The van der Waals surface area contributed by atoms with E-state index in [-0.39, 0.29) is 5.92 Å². The van der Waals surface area contributed by atoms with E-state index in [1.807, 2.05) is 12.3 Å². The predicted molar refractivity (Wildman–Crippen MR) is 70.3 cm³/mol. The van der Waals surface area contributed by atoms with Crippen LogP contribution in [0.15, 0.2) is 24.5 Å². The summed E-state index contributed by atoms with van der Waals surface area (Å²) in [5.41, 5.74) is 1.20. The van der Waals surface area contributed by atoms with Crippen LogP contribution in [0, 0.1) is 11.8 Å². The van der Waals surface area contributed by atoms with Gasteiger partial charge in [-0.25, -0.2) is 0 Å². The van der Waals surface area contributed by atoms with E-state index in [4.69, 9.17) is 0 Å². The Morgan fingerprint density at radius 1 is 1.44 bits per heavy atom. The molecule has 0 bridgehead atoms. The second kappa shape index (κ2) is 6.53. The highest BCUT2D eigenvalue weighted by atomic mass is 16.4. The van der Waals surface area contributed by atoms with Crippen LogP contribution in [0.4, 0.5) is 0 Å². The molecule has 0 radical (unpaired) electrons. The molecule has 98 valence electrons. The van der Waals surface area contributed by atoms with Crippen LogP contribution < -0.4 is 0 Å². The summed E-state index contributed by atoms with van der Waals surface area (Å²) >= 11 is 0. The first-order chi connectivity index (χ1) is 8.77. The van der Waals surface area contributed by atoms with Crippen LogP contribution >= 0.6 is 0 Å². The molecule has 1 aromatic heterocycles. The minimum Gasteiger partial charge on any atom is -0.481 e. The van der Waals surface area contributed by atoms with E-state index in [9.17, 15) is 9.90 Å². The number of hydrogen-bond donors (Lipinski definition) is 1. The molecule has 1 saturated carbocycles. The van der Waals surface area contributed by atoms with Crippen molar-refractivity contribution in [1.82, 2.24) is 4.98 Å². The number of hydrogen-bond acceptors (Lipinski definition) is 2. The number of aryl methyl sites for hydroxylation is 1. The Labute approximate surface area is 108 Å². The molecule has 18 heavy (non-hydrogen) atoms. The number of carboxylic acid groups (broad SMARTS) is 1. The van der Waals surface area contributed by atoms with Gasteiger partial charge in [0.2, 0.25) is 0 Å². The maximum atomic E-state index is 11.3. The number of carboxylic acids is 1. The molecule has 1 atom stereocenters. The van der Waals surface area contributed by atoms with Crippen LogP contribution in [0.1, 0.15) is 44.1 Å². The maximum absolute atomic E-state index is 11.3. The highest BCUT2D eigenvalue weighted by molar-refractivity contribution is 5.70. The Morgan fingerprint density at radius 3 is 2.83 bits per heavy atom. The van der Waals surface area contributed by atoms with Gasteiger partial charge in [-0.1, -0.05) is 18.9 Å². The van der Waals surface area contributed by atoms with Crippen LogP contribution in [0.2, 0.25) is 0 Å². The monoisotopic (exact) mass is 247 g/mol. The molecule has 0 aromatic carbocycles. The van der Waals surface area contributed by atoms with Gasteiger partial charge in [0, 0.05) is 12.4 Å². The van der Waals surface area contributed by atoms with Crippen molar-refractivity contribution in [2.75, 3.05) is 0 Å². The van der Waals surface area contributed by atoms with Gasteiger partial charge >= 0.3 is 5.97 Å². The van der Waals surface area contributed by atoms with Crippen molar-refractivity contribution in [3.05, 3.63) is 30.1 Å². The fourth-order valence-electron chi connectivity index (χ4n) is 2.99. The molecule has 0 saturated heterocycles. The molecule has 1 N–H and O–H groups in total. The van der Waals surface area contributed by atoms with E-state index in [0.29, 0.717) is 5.92 Å². The highest BCUT2D eigenvalue weighted by Crippen LogP contribution is 2.34. The molecule has 0 unspecified atom stereocenters. The molecule has 2 rings (SSSR count). The van der Waals surface area contributed by atoms with E-state index >= 15 is 0 Å². The number of aromatic nitrogens is 1. The molecule has 1 aromatic rings. The van der Waals surface area contributed by atoms with Gasteiger partial charge in [-0.05, 0) is 49.7 Å². The van der Waals surface area contributed by atoms with Crippen molar-refractivity contribution in [2.24, 2.45) is 11.8 Å². The SMILES string of the molecule is O=C(O)[C@H](CCCc1cccnc1)C1CCCC1. The van der Waals surface area contributed by atoms with Crippen LogP contribution in [-0.4, -0.2) is 16.1 Å². The van der Waals surface area contributed by atoms with Crippen molar-refractivity contribution in [3.8, 4) is 0 Å². The van der Waals surface area contributed by atoms with Crippen molar-refractivity contribution in [3.63, 3.8) is 0 Å². The molecule has 1 aliphatic rings. The first-order valence-corrected chi connectivity index (χ1v) is 6.89. The predicted octanol–water partition coefficient (Wildman–Crippen LogP) is 3.30.